The van der Waals surface area contributed by atoms with E-state index in [0.717, 1.165) is 0 Å². The first-order valence-electron chi connectivity index (χ1n) is 6.54. The molecule has 0 atom stereocenters. The highest BCUT2D eigenvalue weighted by Gasteiger charge is 2.04. The second kappa shape index (κ2) is 10.3. The van der Waals surface area contributed by atoms with Crippen molar-refractivity contribution in [1.82, 2.24) is 16.2 Å². The number of benzene rings is 1. The van der Waals surface area contributed by atoms with Gasteiger partial charge in [-0.1, -0.05) is 29.3 Å². The Kier molecular flexibility index (Phi) is 8.65. The number of halogens is 2. The third-order valence-electron chi connectivity index (χ3n) is 2.42. The van der Waals surface area contributed by atoms with Crippen LogP contribution in [0.2, 0.25) is 10.0 Å². The third kappa shape index (κ3) is 7.49. The van der Waals surface area contributed by atoms with Gasteiger partial charge in [-0.25, -0.2) is 0 Å². The zero-order valence-electron chi connectivity index (χ0n) is 11.8. The van der Waals surface area contributed by atoms with Gasteiger partial charge in [0.15, 0.2) is 5.11 Å². The van der Waals surface area contributed by atoms with Gasteiger partial charge in [-0.15, -0.1) is 6.58 Å². The highest BCUT2D eigenvalue weighted by atomic mass is 35.5. The van der Waals surface area contributed by atoms with Crippen LogP contribution >= 0.6 is 35.4 Å². The fourth-order valence-electron chi connectivity index (χ4n) is 1.41. The maximum absolute atomic E-state index is 11.6. The standard InChI is InChI=1S/C14H17Cl2N3O2S/c1-2-7-17-14(22)19-18-13(20)4-3-8-21-12-6-5-10(15)9-11(12)16/h2,5-6,9H,1,3-4,7-8H2,(H,18,20)(H2,17,19,22). The van der Waals surface area contributed by atoms with E-state index < -0.39 is 0 Å². The molecule has 0 heterocycles. The molecular formula is C14H17Cl2N3O2S. The van der Waals surface area contributed by atoms with Gasteiger partial charge in [0.2, 0.25) is 5.91 Å². The van der Waals surface area contributed by atoms with Crippen LogP contribution in [0.3, 0.4) is 0 Å². The topological polar surface area (TPSA) is 62.4 Å². The van der Waals surface area contributed by atoms with E-state index in [4.69, 9.17) is 40.2 Å². The lowest BCUT2D eigenvalue weighted by molar-refractivity contribution is -0.121. The molecule has 0 aliphatic rings. The lowest BCUT2D eigenvalue weighted by atomic mass is 10.3. The number of hydrogen-bond donors (Lipinski definition) is 3. The van der Waals surface area contributed by atoms with Gasteiger partial charge in [0.1, 0.15) is 5.75 Å². The van der Waals surface area contributed by atoms with Crippen LogP contribution in [0.5, 0.6) is 5.75 Å². The normalized spacial score (nSPS) is 9.73. The monoisotopic (exact) mass is 361 g/mol. The Labute approximate surface area is 145 Å². The number of rotatable bonds is 7. The Bertz CT molecular complexity index is 541. The molecule has 0 saturated heterocycles. The van der Waals surface area contributed by atoms with Crippen molar-refractivity contribution in [3.8, 4) is 5.75 Å². The number of carbonyl (C=O) groups excluding carboxylic acids is 1. The molecule has 0 radical (unpaired) electrons. The highest BCUT2D eigenvalue weighted by Crippen LogP contribution is 2.27. The Hall–Kier alpha value is -1.50. The summed E-state index contributed by atoms with van der Waals surface area (Å²) in [6.45, 7) is 4.44. The molecule has 0 aromatic heterocycles. The maximum Gasteiger partial charge on any atom is 0.238 e. The zero-order valence-corrected chi connectivity index (χ0v) is 14.2. The number of ether oxygens (including phenoxy) is 1. The van der Waals surface area contributed by atoms with Gasteiger partial charge < -0.3 is 10.1 Å². The van der Waals surface area contributed by atoms with Crippen LogP contribution in [-0.2, 0) is 4.79 Å². The Morgan fingerprint density at radius 2 is 2.14 bits per heavy atom. The average molecular weight is 362 g/mol. The predicted octanol–water partition coefficient (Wildman–Crippen LogP) is 2.83. The molecule has 5 nitrogen and oxygen atoms in total. The van der Waals surface area contributed by atoms with E-state index in [9.17, 15) is 4.79 Å². The summed E-state index contributed by atoms with van der Waals surface area (Å²) in [6.07, 6.45) is 2.50. The largest absolute Gasteiger partial charge is 0.492 e. The molecule has 0 unspecified atom stereocenters. The van der Waals surface area contributed by atoms with Gasteiger partial charge in [-0.05, 0) is 36.8 Å². The van der Waals surface area contributed by atoms with E-state index in [1.165, 1.54) is 0 Å². The van der Waals surface area contributed by atoms with Gasteiger partial charge in [0, 0.05) is 18.0 Å². The molecule has 0 saturated carbocycles. The molecule has 0 aliphatic carbocycles. The molecule has 120 valence electrons. The van der Waals surface area contributed by atoms with E-state index in [-0.39, 0.29) is 5.91 Å². The molecule has 8 heteroatoms. The molecule has 0 fully saturated rings. The Balaban J connectivity index is 2.17. The first-order chi connectivity index (χ1) is 10.5. The molecule has 22 heavy (non-hydrogen) atoms. The van der Waals surface area contributed by atoms with Gasteiger partial charge in [-0.3, -0.25) is 15.6 Å². The second-order valence-electron chi connectivity index (χ2n) is 4.20. The summed E-state index contributed by atoms with van der Waals surface area (Å²) in [7, 11) is 0. The first kappa shape index (κ1) is 18.5. The summed E-state index contributed by atoms with van der Waals surface area (Å²) in [6, 6.07) is 4.98. The van der Waals surface area contributed by atoms with Gasteiger partial charge >= 0.3 is 0 Å². The molecule has 1 rings (SSSR count). The fourth-order valence-corrected chi connectivity index (χ4v) is 2.00. The molecule has 3 N–H and O–H groups in total. The summed E-state index contributed by atoms with van der Waals surface area (Å²) < 4.78 is 5.48. The van der Waals surface area contributed by atoms with Crippen molar-refractivity contribution in [2.24, 2.45) is 0 Å². The van der Waals surface area contributed by atoms with Crippen molar-refractivity contribution in [3.63, 3.8) is 0 Å². The van der Waals surface area contributed by atoms with E-state index in [1.54, 1.807) is 24.3 Å². The molecule has 1 amide bonds. The van der Waals surface area contributed by atoms with E-state index in [0.29, 0.717) is 46.9 Å². The summed E-state index contributed by atoms with van der Waals surface area (Å²) >= 11 is 16.7. The van der Waals surface area contributed by atoms with E-state index in [2.05, 4.69) is 22.7 Å². The number of hydrazine groups is 1. The number of carbonyl (C=O) groups is 1. The van der Waals surface area contributed by atoms with Crippen molar-refractivity contribution in [2.45, 2.75) is 12.8 Å². The quantitative estimate of drug-likeness (QED) is 0.301. The molecule has 1 aromatic rings. The smallest absolute Gasteiger partial charge is 0.238 e. The van der Waals surface area contributed by atoms with Crippen molar-refractivity contribution < 1.29 is 9.53 Å². The molecule has 0 spiro atoms. The van der Waals surface area contributed by atoms with Crippen molar-refractivity contribution in [1.29, 1.82) is 0 Å². The highest BCUT2D eigenvalue weighted by molar-refractivity contribution is 7.80. The van der Waals surface area contributed by atoms with Crippen LogP contribution < -0.4 is 20.9 Å². The van der Waals surface area contributed by atoms with E-state index in [1.807, 2.05) is 0 Å². The number of thiocarbonyl (C=S) groups is 1. The van der Waals surface area contributed by atoms with Crippen LogP contribution in [0, 0.1) is 0 Å². The van der Waals surface area contributed by atoms with Gasteiger partial charge in [0.05, 0.1) is 11.6 Å². The first-order valence-corrected chi connectivity index (χ1v) is 7.70. The molecule has 0 aliphatic heterocycles. The number of nitrogens with one attached hydrogen (secondary N) is 3. The second-order valence-corrected chi connectivity index (χ2v) is 5.45. The minimum Gasteiger partial charge on any atom is -0.492 e. The number of amides is 1. The zero-order chi connectivity index (χ0) is 16.4. The molecular weight excluding hydrogens is 345 g/mol. The number of hydrogen-bond acceptors (Lipinski definition) is 3. The molecule has 0 bridgehead atoms. The van der Waals surface area contributed by atoms with Gasteiger partial charge in [-0.2, -0.15) is 0 Å². The van der Waals surface area contributed by atoms with Crippen LogP contribution in [0.15, 0.2) is 30.9 Å². The van der Waals surface area contributed by atoms with Crippen molar-refractivity contribution >= 4 is 46.4 Å². The minimum absolute atomic E-state index is 0.187. The summed E-state index contributed by atoms with van der Waals surface area (Å²) in [5, 5.41) is 4.14. The lowest BCUT2D eigenvalue weighted by Crippen LogP contribution is -2.46. The summed E-state index contributed by atoms with van der Waals surface area (Å²) in [5.74, 6) is 0.355. The fraction of sp³-hybridized carbons (Fsp3) is 0.286. The third-order valence-corrected chi connectivity index (χ3v) is 3.20. The van der Waals surface area contributed by atoms with Crippen LogP contribution in [0.1, 0.15) is 12.8 Å². The minimum atomic E-state index is -0.187. The predicted molar refractivity (Wildman–Crippen MR) is 93.3 cm³/mol. The van der Waals surface area contributed by atoms with Crippen LogP contribution in [-0.4, -0.2) is 24.2 Å². The SMILES string of the molecule is C=CCNC(=S)NNC(=O)CCCOc1ccc(Cl)cc1Cl. The van der Waals surface area contributed by atoms with Gasteiger partial charge in [0.25, 0.3) is 0 Å². The Morgan fingerprint density at radius 3 is 2.82 bits per heavy atom. The molecule has 1 aromatic carbocycles. The van der Waals surface area contributed by atoms with E-state index >= 15 is 0 Å². The van der Waals surface area contributed by atoms with Crippen molar-refractivity contribution in [3.05, 3.63) is 40.9 Å². The summed E-state index contributed by atoms with van der Waals surface area (Å²) in [5.41, 5.74) is 5.07. The maximum atomic E-state index is 11.6. The van der Waals surface area contributed by atoms with Crippen molar-refractivity contribution in [2.75, 3.05) is 13.2 Å². The average Bonchev–Trinajstić information content (AvgIpc) is 2.49. The van der Waals surface area contributed by atoms with Crippen LogP contribution in [0.4, 0.5) is 0 Å². The Morgan fingerprint density at radius 1 is 1.36 bits per heavy atom. The van der Waals surface area contributed by atoms with Crippen LogP contribution in [0.25, 0.3) is 0 Å². The lowest BCUT2D eigenvalue weighted by Gasteiger charge is -2.11. The summed E-state index contributed by atoms with van der Waals surface area (Å²) in [4.78, 5) is 11.6.